The number of carbonyl (C=O) groups excluding carboxylic acids is 1. The second kappa shape index (κ2) is 6.72. The Morgan fingerprint density at radius 2 is 2.11 bits per heavy atom. The summed E-state index contributed by atoms with van der Waals surface area (Å²) in [5, 5.41) is 17.6. The van der Waals surface area contributed by atoms with Gasteiger partial charge >= 0.3 is 12.0 Å². The fraction of sp³-hybridized carbons (Fsp3) is 0.636. The predicted molar refractivity (Wildman–Crippen MR) is 65.5 cm³/mol. The molecule has 1 aromatic heterocycles. The molecule has 8 heteroatoms. The summed E-state index contributed by atoms with van der Waals surface area (Å²) in [7, 11) is 0. The summed E-state index contributed by atoms with van der Waals surface area (Å²) in [4.78, 5) is 26.2. The van der Waals surface area contributed by atoms with Crippen molar-refractivity contribution in [3.63, 3.8) is 0 Å². The van der Waals surface area contributed by atoms with E-state index in [1.54, 1.807) is 13.8 Å². The molecule has 0 radical (unpaired) electrons. The second-order valence-corrected chi connectivity index (χ2v) is 4.30. The lowest BCUT2D eigenvalue weighted by Crippen LogP contribution is -2.45. The molecule has 3 N–H and O–H groups in total. The minimum atomic E-state index is -0.949. The molecule has 0 bridgehead atoms. The van der Waals surface area contributed by atoms with E-state index in [2.05, 4.69) is 20.8 Å². The zero-order valence-corrected chi connectivity index (χ0v) is 11.1. The maximum absolute atomic E-state index is 11.5. The number of aliphatic carboxylic acids is 1. The van der Waals surface area contributed by atoms with Crippen LogP contribution in [0.1, 0.15) is 25.6 Å². The molecule has 0 aliphatic rings. The third-order valence-corrected chi connectivity index (χ3v) is 2.70. The first-order chi connectivity index (χ1) is 8.90. The number of carboxylic acids is 1. The van der Waals surface area contributed by atoms with E-state index >= 15 is 0 Å². The van der Waals surface area contributed by atoms with Gasteiger partial charge in [-0.25, -0.2) is 4.79 Å². The van der Waals surface area contributed by atoms with E-state index in [1.807, 2.05) is 0 Å². The Balaban J connectivity index is 2.26. The molecule has 106 valence electrons. The van der Waals surface area contributed by atoms with Crippen LogP contribution < -0.4 is 10.6 Å². The summed E-state index contributed by atoms with van der Waals surface area (Å²) >= 11 is 0. The van der Waals surface area contributed by atoms with Crippen molar-refractivity contribution in [3.8, 4) is 0 Å². The fourth-order valence-corrected chi connectivity index (χ4v) is 1.33. The summed E-state index contributed by atoms with van der Waals surface area (Å²) in [5.74, 6) is -0.603. The van der Waals surface area contributed by atoms with Crippen molar-refractivity contribution in [2.24, 2.45) is 5.92 Å². The van der Waals surface area contributed by atoms with Crippen LogP contribution in [0.3, 0.4) is 0 Å². The molecule has 1 rings (SSSR count). The lowest BCUT2D eigenvalue weighted by molar-refractivity contribution is -0.141. The third kappa shape index (κ3) is 4.94. The molecular weight excluding hydrogens is 252 g/mol. The highest BCUT2D eigenvalue weighted by Crippen LogP contribution is 2.01. The van der Waals surface area contributed by atoms with Crippen molar-refractivity contribution in [2.75, 3.05) is 6.54 Å². The molecule has 8 nitrogen and oxygen atoms in total. The van der Waals surface area contributed by atoms with Crippen LogP contribution in [0.2, 0.25) is 0 Å². The Bertz CT molecular complexity index is 446. The molecule has 2 amide bonds. The van der Waals surface area contributed by atoms with Crippen molar-refractivity contribution >= 4 is 12.0 Å². The second-order valence-electron chi connectivity index (χ2n) is 4.30. The monoisotopic (exact) mass is 270 g/mol. The van der Waals surface area contributed by atoms with Crippen LogP contribution in [0.4, 0.5) is 4.79 Å². The molecule has 0 fully saturated rings. The molecule has 19 heavy (non-hydrogen) atoms. The van der Waals surface area contributed by atoms with Gasteiger partial charge in [0, 0.05) is 25.9 Å². The number of nitrogens with one attached hydrogen (secondary N) is 2. The molecule has 0 spiro atoms. The number of hydrogen-bond acceptors (Lipinski definition) is 5. The van der Waals surface area contributed by atoms with Gasteiger partial charge in [0.25, 0.3) is 0 Å². The molecule has 0 saturated carbocycles. The molecular formula is C11H18N4O4. The van der Waals surface area contributed by atoms with Crippen LogP contribution in [-0.2, 0) is 11.2 Å². The number of amides is 2. The van der Waals surface area contributed by atoms with E-state index in [-0.39, 0.29) is 0 Å². The van der Waals surface area contributed by atoms with Crippen molar-refractivity contribution in [1.82, 2.24) is 20.8 Å². The summed E-state index contributed by atoms with van der Waals surface area (Å²) in [6.45, 7) is 5.21. The molecule has 0 saturated heterocycles. The van der Waals surface area contributed by atoms with Gasteiger partial charge in [-0.3, -0.25) is 4.79 Å². The highest BCUT2D eigenvalue weighted by molar-refractivity contribution is 5.76. The first kappa shape index (κ1) is 14.9. The largest absolute Gasteiger partial charge is 0.481 e. The van der Waals surface area contributed by atoms with Crippen molar-refractivity contribution in [1.29, 1.82) is 0 Å². The molecule has 1 aromatic rings. The van der Waals surface area contributed by atoms with E-state index in [0.717, 1.165) is 0 Å². The van der Waals surface area contributed by atoms with Gasteiger partial charge in [-0.15, -0.1) is 0 Å². The molecule has 0 aromatic carbocycles. The topological polar surface area (TPSA) is 117 Å². The fourth-order valence-electron chi connectivity index (χ4n) is 1.33. The van der Waals surface area contributed by atoms with E-state index in [1.165, 1.54) is 6.92 Å². The number of rotatable bonds is 6. The molecule has 1 heterocycles. The first-order valence-electron chi connectivity index (χ1n) is 5.96. The number of nitrogens with zero attached hydrogens (tertiary/aromatic N) is 2. The van der Waals surface area contributed by atoms with Crippen molar-refractivity contribution < 1.29 is 19.2 Å². The van der Waals surface area contributed by atoms with Gasteiger partial charge in [0.05, 0.1) is 5.92 Å². The van der Waals surface area contributed by atoms with E-state index < -0.39 is 24.0 Å². The van der Waals surface area contributed by atoms with Crippen LogP contribution in [0, 0.1) is 12.8 Å². The molecule has 2 unspecified atom stereocenters. The summed E-state index contributed by atoms with van der Waals surface area (Å²) in [6.07, 6.45) is 0.452. The summed E-state index contributed by atoms with van der Waals surface area (Å²) < 4.78 is 4.79. The van der Waals surface area contributed by atoms with Crippen LogP contribution in [0.25, 0.3) is 0 Å². The Labute approximate surface area is 110 Å². The quantitative estimate of drug-likeness (QED) is 0.685. The zero-order valence-electron chi connectivity index (χ0n) is 11.1. The standard InChI is InChI=1S/C11H18N4O4/c1-6(10(16)17)7(2)13-11(18)12-5-4-9-14-8(3)19-15-9/h6-7H,4-5H2,1-3H3,(H,16,17)(H2,12,13,18). The average molecular weight is 270 g/mol. The first-order valence-corrected chi connectivity index (χ1v) is 5.96. The molecule has 0 aliphatic carbocycles. The predicted octanol–water partition coefficient (Wildman–Crippen LogP) is 0.329. The molecule has 0 aliphatic heterocycles. The van der Waals surface area contributed by atoms with Gasteiger partial charge < -0.3 is 20.3 Å². The van der Waals surface area contributed by atoms with Crippen LogP contribution in [0.5, 0.6) is 0 Å². The summed E-state index contributed by atoms with van der Waals surface area (Å²) in [5.41, 5.74) is 0. The Morgan fingerprint density at radius 3 is 2.63 bits per heavy atom. The minimum absolute atomic E-state index is 0.346. The number of carboxylic acid groups (broad SMARTS) is 1. The highest BCUT2D eigenvalue weighted by atomic mass is 16.5. The number of carbonyl (C=O) groups is 2. The Hall–Kier alpha value is -2.12. The maximum atomic E-state index is 11.5. The SMILES string of the molecule is Cc1nc(CCNC(=O)NC(C)C(C)C(=O)O)no1. The van der Waals surface area contributed by atoms with Crippen LogP contribution in [0.15, 0.2) is 4.52 Å². The van der Waals surface area contributed by atoms with Crippen LogP contribution in [-0.4, -0.2) is 39.8 Å². The number of aryl methyl sites for hydroxylation is 1. The van der Waals surface area contributed by atoms with Crippen molar-refractivity contribution in [2.45, 2.75) is 33.2 Å². The van der Waals surface area contributed by atoms with Gasteiger partial charge in [0.1, 0.15) is 0 Å². The Morgan fingerprint density at radius 1 is 1.42 bits per heavy atom. The van der Waals surface area contributed by atoms with E-state index in [0.29, 0.717) is 24.7 Å². The molecule has 2 atom stereocenters. The maximum Gasteiger partial charge on any atom is 0.315 e. The van der Waals surface area contributed by atoms with Gasteiger partial charge in [0.2, 0.25) is 5.89 Å². The number of aromatic nitrogens is 2. The summed E-state index contributed by atoms with van der Waals surface area (Å²) in [6, 6.07) is -0.870. The number of hydrogen-bond donors (Lipinski definition) is 3. The normalized spacial score (nSPS) is 13.6. The minimum Gasteiger partial charge on any atom is -0.481 e. The number of urea groups is 1. The lowest BCUT2D eigenvalue weighted by atomic mass is 10.0. The van der Waals surface area contributed by atoms with Gasteiger partial charge in [-0.1, -0.05) is 5.16 Å². The van der Waals surface area contributed by atoms with E-state index in [4.69, 9.17) is 9.63 Å². The zero-order chi connectivity index (χ0) is 14.4. The lowest BCUT2D eigenvalue weighted by Gasteiger charge is -2.17. The van der Waals surface area contributed by atoms with E-state index in [9.17, 15) is 9.59 Å². The van der Waals surface area contributed by atoms with Gasteiger partial charge in [-0.2, -0.15) is 4.98 Å². The highest BCUT2D eigenvalue weighted by Gasteiger charge is 2.20. The Kier molecular flexibility index (Phi) is 5.28. The van der Waals surface area contributed by atoms with Gasteiger partial charge in [0.15, 0.2) is 5.82 Å². The average Bonchev–Trinajstić information content (AvgIpc) is 2.73. The third-order valence-electron chi connectivity index (χ3n) is 2.70. The van der Waals surface area contributed by atoms with Gasteiger partial charge in [-0.05, 0) is 13.8 Å². The van der Waals surface area contributed by atoms with Crippen molar-refractivity contribution in [3.05, 3.63) is 11.7 Å². The smallest absolute Gasteiger partial charge is 0.315 e. The van der Waals surface area contributed by atoms with Crippen LogP contribution >= 0.6 is 0 Å².